The summed E-state index contributed by atoms with van der Waals surface area (Å²) in [6, 6.07) is 12.0. The average Bonchev–Trinajstić information content (AvgIpc) is 2.65. The third kappa shape index (κ3) is 3.50. The van der Waals surface area contributed by atoms with Crippen LogP contribution < -0.4 is 24.8 Å². The highest BCUT2D eigenvalue weighted by Crippen LogP contribution is 2.29. The van der Waals surface area contributed by atoms with Crippen LogP contribution in [0.1, 0.15) is 10.4 Å². The number of nitrogens with one attached hydrogen (secondary N) is 2. The fraction of sp³-hybridized carbons (Fsp3) is 0.222. The number of methoxy groups -OCH3 is 2. The fourth-order valence-corrected chi connectivity index (χ4v) is 2.49. The zero-order valence-electron chi connectivity index (χ0n) is 13.9. The van der Waals surface area contributed by atoms with Crippen molar-refractivity contribution in [2.45, 2.75) is 6.10 Å². The van der Waals surface area contributed by atoms with Crippen LogP contribution >= 0.6 is 0 Å². The summed E-state index contributed by atoms with van der Waals surface area (Å²) in [5.74, 6) is 0.927. The number of hydrogen-bond acceptors (Lipinski definition) is 5. The molecule has 0 saturated heterocycles. The van der Waals surface area contributed by atoms with E-state index in [-0.39, 0.29) is 18.4 Å². The van der Waals surface area contributed by atoms with Crippen molar-refractivity contribution in [2.24, 2.45) is 0 Å². The van der Waals surface area contributed by atoms with Crippen LogP contribution in [0.5, 0.6) is 17.2 Å². The minimum atomic E-state index is -0.793. The summed E-state index contributed by atoms with van der Waals surface area (Å²) in [6.07, 6.45) is -0.793. The van der Waals surface area contributed by atoms with Crippen LogP contribution in [0.4, 0.5) is 5.69 Å². The van der Waals surface area contributed by atoms with E-state index in [1.54, 1.807) is 30.3 Å². The molecule has 0 spiro atoms. The molecule has 1 heterocycles. The number of amides is 2. The molecule has 0 aliphatic carbocycles. The maximum absolute atomic E-state index is 12.3. The van der Waals surface area contributed by atoms with Crippen molar-refractivity contribution < 1.29 is 23.8 Å². The number of carbonyl (C=O) groups excluding carboxylic acids is 2. The lowest BCUT2D eigenvalue weighted by molar-refractivity contribution is -0.123. The minimum Gasteiger partial charge on any atom is -0.493 e. The molecule has 130 valence electrons. The molecule has 2 aromatic carbocycles. The van der Waals surface area contributed by atoms with Gasteiger partial charge >= 0.3 is 0 Å². The maximum atomic E-state index is 12.3. The van der Waals surface area contributed by atoms with Crippen LogP contribution in [0.25, 0.3) is 0 Å². The van der Waals surface area contributed by atoms with E-state index < -0.39 is 6.10 Å². The van der Waals surface area contributed by atoms with Gasteiger partial charge in [-0.2, -0.15) is 0 Å². The summed E-state index contributed by atoms with van der Waals surface area (Å²) in [5.41, 5.74) is 1.02. The van der Waals surface area contributed by atoms with Crippen LogP contribution in [0.3, 0.4) is 0 Å². The quantitative estimate of drug-likeness (QED) is 0.866. The Morgan fingerprint density at radius 2 is 1.92 bits per heavy atom. The average molecular weight is 342 g/mol. The van der Waals surface area contributed by atoms with Crippen LogP contribution in [0.2, 0.25) is 0 Å². The number of anilines is 1. The van der Waals surface area contributed by atoms with Gasteiger partial charge in [0.05, 0.1) is 26.5 Å². The van der Waals surface area contributed by atoms with Gasteiger partial charge in [-0.25, -0.2) is 0 Å². The summed E-state index contributed by atoms with van der Waals surface area (Å²) in [4.78, 5) is 24.4. The van der Waals surface area contributed by atoms with Crippen molar-refractivity contribution >= 4 is 17.5 Å². The lowest BCUT2D eigenvalue weighted by Gasteiger charge is -2.25. The predicted octanol–water partition coefficient (Wildman–Crippen LogP) is 1.83. The smallest absolute Gasteiger partial charge is 0.267 e. The maximum Gasteiger partial charge on any atom is 0.267 e. The normalized spacial score (nSPS) is 15.4. The molecule has 1 unspecified atom stereocenters. The van der Waals surface area contributed by atoms with Gasteiger partial charge < -0.3 is 24.8 Å². The first kappa shape index (κ1) is 16.6. The number of rotatable bonds is 5. The van der Waals surface area contributed by atoms with Gasteiger partial charge in [0, 0.05) is 5.56 Å². The van der Waals surface area contributed by atoms with Crippen molar-refractivity contribution in [3.63, 3.8) is 0 Å². The number of carbonyl (C=O) groups is 2. The molecule has 3 rings (SSSR count). The molecule has 2 amide bonds. The Hall–Kier alpha value is -3.22. The fourth-order valence-electron chi connectivity index (χ4n) is 2.49. The van der Waals surface area contributed by atoms with Crippen molar-refractivity contribution in [3.05, 3.63) is 48.0 Å². The Balaban J connectivity index is 1.66. The zero-order chi connectivity index (χ0) is 17.8. The summed E-state index contributed by atoms with van der Waals surface area (Å²) in [7, 11) is 3.02. The molecule has 25 heavy (non-hydrogen) atoms. The minimum absolute atomic E-state index is 0.0490. The predicted molar refractivity (Wildman–Crippen MR) is 91.4 cm³/mol. The molecule has 1 atom stereocenters. The molecular formula is C18H18N2O5. The van der Waals surface area contributed by atoms with E-state index in [0.29, 0.717) is 28.5 Å². The Bertz CT molecular complexity index is 806. The summed E-state index contributed by atoms with van der Waals surface area (Å²) < 4.78 is 16.0. The monoisotopic (exact) mass is 342 g/mol. The SMILES string of the molecule is COc1ccc(C(=O)NCC2Oc3ccccc3NC2=O)cc1OC. The van der Waals surface area contributed by atoms with E-state index in [1.807, 2.05) is 12.1 Å². The second kappa shape index (κ2) is 7.12. The van der Waals surface area contributed by atoms with Crippen LogP contribution in [-0.4, -0.2) is 38.7 Å². The Morgan fingerprint density at radius 3 is 2.68 bits per heavy atom. The molecule has 2 N–H and O–H groups in total. The summed E-state index contributed by atoms with van der Waals surface area (Å²) >= 11 is 0. The van der Waals surface area contributed by atoms with Gasteiger partial charge in [-0.3, -0.25) is 9.59 Å². The molecule has 0 aromatic heterocycles. The number of fused-ring (bicyclic) bond motifs is 1. The van der Waals surface area contributed by atoms with Gasteiger partial charge in [0.1, 0.15) is 5.75 Å². The first-order valence-corrected chi connectivity index (χ1v) is 7.69. The van der Waals surface area contributed by atoms with Gasteiger partial charge in [-0.1, -0.05) is 12.1 Å². The van der Waals surface area contributed by atoms with E-state index in [1.165, 1.54) is 14.2 Å². The Kier molecular flexibility index (Phi) is 4.74. The van der Waals surface area contributed by atoms with Crippen molar-refractivity contribution in [3.8, 4) is 17.2 Å². The Morgan fingerprint density at radius 1 is 1.16 bits per heavy atom. The molecule has 2 aromatic rings. The highest BCUT2D eigenvalue weighted by molar-refractivity contribution is 5.99. The second-order valence-electron chi connectivity index (χ2n) is 5.37. The van der Waals surface area contributed by atoms with Gasteiger partial charge in [0.15, 0.2) is 17.6 Å². The molecule has 7 heteroatoms. The van der Waals surface area contributed by atoms with Crippen molar-refractivity contribution in [1.82, 2.24) is 5.32 Å². The summed E-state index contributed by atoms with van der Waals surface area (Å²) in [5, 5.41) is 5.45. The molecular weight excluding hydrogens is 324 g/mol. The van der Waals surface area contributed by atoms with Gasteiger partial charge in [0.2, 0.25) is 0 Å². The first-order chi connectivity index (χ1) is 12.1. The number of ether oxygens (including phenoxy) is 3. The van der Waals surface area contributed by atoms with Crippen LogP contribution in [-0.2, 0) is 4.79 Å². The molecule has 0 radical (unpaired) electrons. The molecule has 7 nitrogen and oxygen atoms in total. The second-order valence-corrected chi connectivity index (χ2v) is 5.37. The van der Waals surface area contributed by atoms with Gasteiger partial charge in [-0.05, 0) is 30.3 Å². The van der Waals surface area contributed by atoms with Crippen molar-refractivity contribution in [2.75, 3.05) is 26.1 Å². The highest BCUT2D eigenvalue weighted by Gasteiger charge is 2.27. The zero-order valence-corrected chi connectivity index (χ0v) is 13.9. The van der Waals surface area contributed by atoms with Crippen LogP contribution in [0.15, 0.2) is 42.5 Å². The Labute approximate surface area is 144 Å². The standard InChI is InChI=1S/C18H18N2O5/c1-23-14-8-7-11(9-15(14)24-2)17(21)19-10-16-18(22)20-12-5-3-4-6-13(12)25-16/h3-9,16H,10H2,1-2H3,(H,19,21)(H,20,22). The van der Waals surface area contributed by atoms with Gasteiger partial charge in [-0.15, -0.1) is 0 Å². The number of benzene rings is 2. The molecule has 0 bridgehead atoms. The largest absolute Gasteiger partial charge is 0.493 e. The van der Waals surface area contributed by atoms with E-state index in [2.05, 4.69) is 10.6 Å². The van der Waals surface area contributed by atoms with E-state index in [4.69, 9.17) is 14.2 Å². The van der Waals surface area contributed by atoms with Gasteiger partial charge in [0.25, 0.3) is 11.8 Å². The molecule has 1 aliphatic rings. The number of hydrogen-bond donors (Lipinski definition) is 2. The molecule has 0 saturated carbocycles. The van der Waals surface area contributed by atoms with E-state index >= 15 is 0 Å². The molecule has 1 aliphatic heterocycles. The third-order valence-electron chi connectivity index (χ3n) is 3.80. The van der Waals surface area contributed by atoms with E-state index in [9.17, 15) is 9.59 Å². The summed E-state index contributed by atoms with van der Waals surface area (Å²) in [6.45, 7) is 0.0490. The first-order valence-electron chi connectivity index (χ1n) is 7.69. The molecule has 0 fully saturated rings. The van der Waals surface area contributed by atoms with Crippen molar-refractivity contribution in [1.29, 1.82) is 0 Å². The number of para-hydroxylation sites is 2. The topological polar surface area (TPSA) is 85.9 Å². The third-order valence-corrected chi connectivity index (χ3v) is 3.80. The lowest BCUT2D eigenvalue weighted by Crippen LogP contribution is -2.45. The van der Waals surface area contributed by atoms with Crippen LogP contribution in [0, 0.1) is 0 Å². The lowest BCUT2D eigenvalue weighted by atomic mass is 10.1. The van der Waals surface area contributed by atoms with E-state index in [0.717, 1.165) is 0 Å². The highest BCUT2D eigenvalue weighted by atomic mass is 16.5.